The fourth-order valence-electron chi connectivity index (χ4n) is 5.06. The molecule has 8 heteroatoms. The summed E-state index contributed by atoms with van der Waals surface area (Å²) in [5, 5.41) is 15.4. The Bertz CT molecular complexity index is 1060. The smallest absolute Gasteiger partial charge is 0.153 e. The van der Waals surface area contributed by atoms with E-state index in [1.54, 1.807) is 0 Å². The molecule has 5 heterocycles. The van der Waals surface area contributed by atoms with Gasteiger partial charge in [-0.25, -0.2) is 4.98 Å². The van der Waals surface area contributed by atoms with Crippen LogP contribution in [-0.4, -0.2) is 62.9 Å². The Balaban J connectivity index is 1.36. The molecule has 3 N–H and O–H groups in total. The lowest BCUT2D eigenvalue weighted by atomic mass is 9.89. The van der Waals surface area contributed by atoms with Crippen molar-refractivity contribution < 1.29 is 4.74 Å². The molecule has 2 aliphatic rings. The molecule has 2 fully saturated rings. The number of aryl methyl sites for hydroxylation is 1. The number of anilines is 3. The monoisotopic (exact) mass is 435 g/mol. The zero-order valence-corrected chi connectivity index (χ0v) is 19.1. The Morgan fingerprint density at radius 3 is 2.81 bits per heavy atom. The summed E-state index contributed by atoms with van der Waals surface area (Å²) < 4.78 is 5.41. The van der Waals surface area contributed by atoms with E-state index in [-0.39, 0.29) is 0 Å². The molecule has 8 nitrogen and oxygen atoms in total. The molecule has 3 atom stereocenters. The maximum absolute atomic E-state index is 5.41. The maximum atomic E-state index is 5.41. The van der Waals surface area contributed by atoms with Gasteiger partial charge in [0.2, 0.25) is 0 Å². The minimum absolute atomic E-state index is 0.377. The molecule has 5 rings (SSSR count). The Morgan fingerprint density at radius 2 is 2.09 bits per heavy atom. The molecule has 0 aliphatic carbocycles. The topological polar surface area (TPSA) is 91.0 Å². The minimum atomic E-state index is 0.377. The molecule has 0 spiro atoms. The zero-order chi connectivity index (χ0) is 22.1. The number of aromatic nitrogens is 4. The Morgan fingerprint density at radius 1 is 1.22 bits per heavy atom. The summed E-state index contributed by atoms with van der Waals surface area (Å²) in [6.45, 7) is 9.63. The first-order valence-corrected chi connectivity index (χ1v) is 11.7. The molecule has 0 bridgehead atoms. The highest BCUT2D eigenvalue weighted by atomic mass is 16.5. The molecule has 0 radical (unpaired) electrons. The summed E-state index contributed by atoms with van der Waals surface area (Å²) in [5.74, 6) is 3.08. The summed E-state index contributed by atoms with van der Waals surface area (Å²) in [5.41, 5.74) is 1.92. The number of rotatable bonds is 7. The first kappa shape index (κ1) is 21.2. The maximum Gasteiger partial charge on any atom is 0.153 e. The van der Waals surface area contributed by atoms with Crippen molar-refractivity contribution >= 4 is 28.4 Å². The molecular formula is C24H33N7O. The van der Waals surface area contributed by atoms with Crippen molar-refractivity contribution in [3.63, 3.8) is 0 Å². The molecule has 170 valence electrons. The standard InChI is InChI=1S/C24H33N7O/c1-4-19-10-18(9-16(3)31(19)12-17-13-32-14-17)26-24-20-6-5-7-25-21(20)11-22(28-24)27-23-8-15(2)29-30-23/h5-8,11,16-19H,4,9-10,12-14H2,1-3H3,(H3,26,27,28,29,30). The highest BCUT2D eigenvalue weighted by Crippen LogP contribution is 2.31. The van der Waals surface area contributed by atoms with Crippen LogP contribution in [0, 0.1) is 12.8 Å². The molecule has 2 saturated heterocycles. The third-order valence-corrected chi connectivity index (χ3v) is 6.77. The van der Waals surface area contributed by atoms with Crippen molar-refractivity contribution in [2.45, 2.75) is 58.2 Å². The van der Waals surface area contributed by atoms with E-state index in [9.17, 15) is 0 Å². The van der Waals surface area contributed by atoms with Crippen LogP contribution in [0.5, 0.6) is 0 Å². The third kappa shape index (κ3) is 4.42. The number of aromatic amines is 1. The molecule has 0 saturated carbocycles. The fourth-order valence-corrected chi connectivity index (χ4v) is 5.06. The molecular weight excluding hydrogens is 402 g/mol. The summed E-state index contributed by atoms with van der Waals surface area (Å²) in [6.07, 6.45) is 5.20. The number of likely N-dealkylation sites (tertiary alicyclic amines) is 1. The second kappa shape index (κ2) is 9.03. The van der Waals surface area contributed by atoms with Gasteiger partial charge in [0.05, 0.1) is 18.7 Å². The van der Waals surface area contributed by atoms with Gasteiger partial charge in [-0.05, 0) is 45.2 Å². The number of pyridine rings is 2. The quantitative estimate of drug-likeness (QED) is 0.515. The lowest BCUT2D eigenvalue weighted by Gasteiger charge is -2.46. The van der Waals surface area contributed by atoms with Crippen molar-refractivity contribution in [2.24, 2.45) is 5.92 Å². The van der Waals surface area contributed by atoms with Gasteiger partial charge in [-0.3, -0.25) is 15.0 Å². The summed E-state index contributed by atoms with van der Waals surface area (Å²) in [4.78, 5) is 12.2. The van der Waals surface area contributed by atoms with Crippen LogP contribution in [0.25, 0.3) is 10.9 Å². The predicted molar refractivity (Wildman–Crippen MR) is 127 cm³/mol. The Hall–Kier alpha value is -2.71. The summed E-state index contributed by atoms with van der Waals surface area (Å²) in [6, 6.07) is 9.49. The van der Waals surface area contributed by atoms with Gasteiger partial charge in [0, 0.05) is 60.0 Å². The van der Waals surface area contributed by atoms with Crippen LogP contribution in [0.15, 0.2) is 30.5 Å². The number of nitrogens with zero attached hydrogens (tertiary/aromatic N) is 4. The minimum Gasteiger partial charge on any atom is -0.381 e. The van der Waals surface area contributed by atoms with Gasteiger partial charge in [-0.1, -0.05) is 6.92 Å². The largest absolute Gasteiger partial charge is 0.381 e. The Kier molecular flexibility index (Phi) is 5.97. The Labute approximate surface area is 189 Å². The van der Waals surface area contributed by atoms with Gasteiger partial charge in [0.1, 0.15) is 11.6 Å². The van der Waals surface area contributed by atoms with Gasteiger partial charge in [-0.2, -0.15) is 5.10 Å². The zero-order valence-electron chi connectivity index (χ0n) is 19.1. The molecule has 2 aliphatic heterocycles. The van der Waals surface area contributed by atoms with Crippen molar-refractivity contribution in [1.82, 2.24) is 25.1 Å². The van der Waals surface area contributed by atoms with Crippen LogP contribution >= 0.6 is 0 Å². The van der Waals surface area contributed by atoms with Crippen LogP contribution in [0.3, 0.4) is 0 Å². The number of nitrogens with one attached hydrogen (secondary N) is 3. The van der Waals surface area contributed by atoms with Crippen molar-refractivity contribution in [1.29, 1.82) is 0 Å². The first-order valence-electron chi connectivity index (χ1n) is 11.7. The number of fused-ring (bicyclic) bond motifs is 1. The molecule has 0 aromatic carbocycles. The second-order valence-corrected chi connectivity index (χ2v) is 9.31. The van der Waals surface area contributed by atoms with E-state index in [0.29, 0.717) is 24.0 Å². The normalized spacial score (nSPS) is 24.4. The van der Waals surface area contributed by atoms with Crippen LogP contribution in [0.4, 0.5) is 17.5 Å². The van der Waals surface area contributed by atoms with Gasteiger partial charge >= 0.3 is 0 Å². The summed E-state index contributed by atoms with van der Waals surface area (Å²) >= 11 is 0. The molecule has 32 heavy (non-hydrogen) atoms. The van der Waals surface area contributed by atoms with Crippen molar-refractivity contribution in [2.75, 3.05) is 30.4 Å². The van der Waals surface area contributed by atoms with Gasteiger partial charge in [0.25, 0.3) is 0 Å². The number of hydrogen-bond acceptors (Lipinski definition) is 7. The number of piperidine rings is 1. The lowest BCUT2D eigenvalue weighted by molar-refractivity contribution is -0.0637. The average molecular weight is 436 g/mol. The molecule has 3 unspecified atom stereocenters. The van der Waals surface area contributed by atoms with E-state index in [1.165, 1.54) is 0 Å². The van der Waals surface area contributed by atoms with E-state index < -0.39 is 0 Å². The highest BCUT2D eigenvalue weighted by molar-refractivity contribution is 5.91. The third-order valence-electron chi connectivity index (χ3n) is 6.77. The molecule has 3 aromatic rings. The summed E-state index contributed by atoms with van der Waals surface area (Å²) in [7, 11) is 0. The second-order valence-electron chi connectivity index (χ2n) is 9.31. The fraction of sp³-hybridized carbons (Fsp3) is 0.542. The van der Waals surface area contributed by atoms with E-state index in [1.807, 2.05) is 31.3 Å². The van der Waals surface area contributed by atoms with E-state index in [0.717, 1.165) is 73.1 Å². The highest BCUT2D eigenvalue weighted by Gasteiger charge is 2.35. The van der Waals surface area contributed by atoms with Crippen LogP contribution in [-0.2, 0) is 4.74 Å². The van der Waals surface area contributed by atoms with E-state index in [2.05, 4.69) is 50.6 Å². The van der Waals surface area contributed by atoms with Crippen molar-refractivity contribution in [3.05, 3.63) is 36.2 Å². The van der Waals surface area contributed by atoms with Crippen molar-refractivity contribution in [3.8, 4) is 0 Å². The number of H-pyrrole nitrogens is 1. The predicted octanol–water partition coefficient (Wildman–Crippen LogP) is 4.09. The lowest BCUT2D eigenvalue weighted by Crippen LogP contribution is -2.54. The molecule has 0 amide bonds. The number of ether oxygens (including phenoxy) is 1. The van der Waals surface area contributed by atoms with Crippen LogP contribution < -0.4 is 10.6 Å². The van der Waals surface area contributed by atoms with E-state index in [4.69, 9.17) is 9.72 Å². The van der Waals surface area contributed by atoms with Gasteiger partial charge in [-0.15, -0.1) is 0 Å². The molecule has 3 aromatic heterocycles. The number of hydrogen-bond donors (Lipinski definition) is 3. The van der Waals surface area contributed by atoms with Crippen LogP contribution in [0.1, 0.15) is 38.8 Å². The SMILES string of the molecule is CCC1CC(Nc2nc(Nc3cc(C)[nH]n3)cc3ncccc23)CC(C)N1CC1COC1. The van der Waals surface area contributed by atoms with Crippen LogP contribution in [0.2, 0.25) is 0 Å². The average Bonchev–Trinajstić information content (AvgIpc) is 3.16. The van der Waals surface area contributed by atoms with Gasteiger partial charge < -0.3 is 15.4 Å². The van der Waals surface area contributed by atoms with E-state index >= 15 is 0 Å². The first-order chi connectivity index (χ1) is 15.6. The van der Waals surface area contributed by atoms with Gasteiger partial charge in [0.15, 0.2) is 5.82 Å².